The van der Waals surface area contributed by atoms with Crippen molar-refractivity contribution in [1.82, 2.24) is 0 Å². The number of carbonyl (C=O) groups is 2. The largest absolute Gasteiger partial charge is 1.00 e. The van der Waals surface area contributed by atoms with Crippen LogP contribution in [0.5, 0.6) is 23.0 Å². The molecule has 0 bridgehead atoms. The van der Waals surface area contributed by atoms with E-state index in [0.29, 0.717) is 60.4 Å². The first-order valence-electron chi connectivity index (χ1n) is 10.6. The second-order valence-electron chi connectivity index (χ2n) is 6.99. The fraction of sp³-hybridized carbons (Fsp3) is 0.280. The van der Waals surface area contributed by atoms with E-state index in [1.54, 1.807) is 62.8 Å². The second-order valence-corrected chi connectivity index (χ2v) is 6.99. The zero-order chi connectivity index (χ0) is 24.1. The zero-order valence-electron chi connectivity index (χ0n) is 19.9. The van der Waals surface area contributed by atoms with E-state index in [4.69, 9.17) is 18.9 Å². The number of quaternary nitrogens is 2. The van der Waals surface area contributed by atoms with Crippen molar-refractivity contribution in [3.8, 4) is 23.0 Å². The van der Waals surface area contributed by atoms with E-state index in [-0.39, 0.29) is 42.8 Å². The van der Waals surface area contributed by atoms with Crippen molar-refractivity contribution in [1.29, 1.82) is 0 Å². The van der Waals surface area contributed by atoms with Gasteiger partial charge in [-0.05, 0) is 48.6 Å². The lowest BCUT2D eigenvalue weighted by Crippen LogP contribution is -3.00. The monoisotopic (exact) mass is 526 g/mol. The quantitative estimate of drug-likeness (QED) is 0.188. The number of carbonyl (C=O) groups excluding carboxylic acids is 2. The Labute approximate surface area is 218 Å². The number of hydrogen-bond donors (Lipinski definition) is 2. The SMILES string of the molecule is COc1cc(OCC[NH3+])ccc1/C=C/C(=O)CC(=O)/C=C/c1ccc(OCC[NH3+])cc1OC.[Cl-].[Cl-]. The molecule has 2 aromatic carbocycles. The first-order valence-corrected chi connectivity index (χ1v) is 10.6. The molecule has 0 aliphatic heterocycles. The number of halogens is 2. The molecule has 0 saturated carbocycles. The maximum atomic E-state index is 12.3. The van der Waals surface area contributed by atoms with E-state index in [1.165, 1.54) is 12.2 Å². The highest BCUT2D eigenvalue weighted by Crippen LogP contribution is 2.27. The lowest BCUT2D eigenvalue weighted by Gasteiger charge is -2.09. The van der Waals surface area contributed by atoms with Crippen LogP contribution in [0.2, 0.25) is 0 Å². The fourth-order valence-electron chi connectivity index (χ4n) is 2.87. The van der Waals surface area contributed by atoms with Crippen molar-refractivity contribution in [2.75, 3.05) is 40.5 Å². The highest BCUT2D eigenvalue weighted by molar-refractivity contribution is 6.11. The summed E-state index contributed by atoms with van der Waals surface area (Å²) in [6.07, 6.45) is 5.74. The Kier molecular flexibility index (Phi) is 15.9. The third-order valence-electron chi connectivity index (χ3n) is 4.48. The summed E-state index contributed by atoms with van der Waals surface area (Å²) in [5, 5.41) is 0. The number of rotatable bonds is 14. The van der Waals surface area contributed by atoms with Gasteiger partial charge in [-0.15, -0.1) is 0 Å². The summed E-state index contributed by atoms with van der Waals surface area (Å²) < 4.78 is 21.8. The molecule has 0 aromatic heterocycles. The van der Waals surface area contributed by atoms with Crippen molar-refractivity contribution in [2.45, 2.75) is 6.42 Å². The van der Waals surface area contributed by atoms with Crippen molar-refractivity contribution >= 4 is 23.7 Å². The maximum Gasteiger partial charge on any atom is 0.163 e. The maximum absolute atomic E-state index is 12.3. The lowest BCUT2D eigenvalue weighted by atomic mass is 10.1. The molecule has 35 heavy (non-hydrogen) atoms. The molecule has 0 heterocycles. The Morgan fingerprint density at radius 3 is 1.49 bits per heavy atom. The second kappa shape index (κ2) is 17.4. The van der Waals surface area contributed by atoms with Crippen LogP contribution in [0.25, 0.3) is 12.2 Å². The zero-order valence-corrected chi connectivity index (χ0v) is 21.4. The molecule has 0 aliphatic carbocycles. The summed E-state index contributed by atoms with van der Waals surface area (Å²) in [6.45, 7) is 2.33. The van der Waals surface area contributed by atoms with Gasteiger partial charge in [0, 0.05) is 23.3 Å². The van der Waals surface area contributed by atoms with Gasteiger partial charge in [-0.1, -0.05) is 0 Å². The van der Waals surface area contributed by atoms with E-state index in [9.17, 15) is 9.59 Å². The Bertz CT molecular complexity index is 932. The van der Waals surface area contributed by atoms with Gasteiger partial charge in [-0.25, -0.2) is 0 Å². The molecule has 0 amide bonds. The van der Waals surface area contributed by atoms with Crippen LogP contribution in [0, 0.1) is 0 Å². The molecule has 0 unspecified atom stereocenters. The third-order valence-corrected chi connectivity index (χ3v) is 4.48. The van der Waals surface area contributed by atoms with Gasteiger partial charge in [-0.3, -0.25) is 9.59 Å². The van der Waals surface area contributed by atoms with Crippen molar-refractivity contribution in [2.24, 2.45) is 0 Å². The van der Waals surface area contributed by atoms with E-state index >= 15 is 0 Å². The standard InChI is InChI=1S/C25H30N2O6.2ClH/c1-30-24-16-22(32-13-11-26)9-5-18(24)3-7-20(28)15-21(29)8-4-19-6-10-23(33-14-12-27)17-25(19)31-2;;/h3-10,16-17H,11-15,26-27H2,1-2H3;2*1H/b7-3+,8-4+;;. The first kappa shape index (κ1) is 32.0. The Balaban J connectivity index is 0.00000578. The molecule has 192 valence electrons. The summed E-state index contributed by atoms with van der Waals surface area (Å²) >= 11 is 0. The van der Waals surface area contributed by atoms with Gasteiger partial charge in [0.1, 0.15) is 49.3 Å². The Morgan fingerprint density at radius 2 is 1.14 bits per heavy atom. The molecule has 2 aromatic rings. The van der Waals surface area contributed by atoms with Gasteiger partial charge >= 0.3 is 0 Å². The van der Waals surface area contributed by atoms with Crippen LogP contribution in [0.4, 0.5) is 0 Å². The molecule has 10 heteroatoms. The Morgan fingerprint density at radius 1 is 0.743 bits per heavy atom. The first-order chi connectivity index (χ1) is 16.0. The molecule has 0 radical (unpaired) electrons. The molecular formula is C25H32Cl2N2O6. The average Bonchev–Trinajstić information content (AvgIpc) is 2.83. The minimum absolute atomic E-state index is 0. The van der Waals surface area contributed by atoms with Crippen LogP contribution < -0.4 is 55.2 Å². The normalized spacial score (nSPS) is 10.4. The van der Waals surface area contributed by atoms with Crippen LogP contribution in [0.1, 0.15) is 17.5 Å². The van der Waals surface area contributed by atoms with Gasteiger partial charge in [0.15, 0.2) is 11.6 Å². The van der Waals surface area contributed by atoms with Gasteiger partial charge in [0.25, 0.3) is 0 Å². The highest BCUT2D eigenvalue weighted by Gasteiger charge is 2.08. The van der Waals surface area contributed by atoms with Crippen LogP contribution >= 0.6 is 0 Å². The number of ketones is 2. The number of allylic oxidation sites excluding steroid dienone is 2. The van der Waals surface area contributed by atoms with Gasteiger partial charge in [0.05, 0.1) is 20.6 Å². The van der Waals surface area contributed by atoms with Crippen molar-refractivity contribution in [3.05, 3.63) is 59.7 Å². The lowest BCUT2D eigenvalue weighted by molar-refractivity contribution is -0.371. The minimum atomic E-state index is -0.312. The summed E-state index contributed by atoms with van der Waals surface area (Å²) in [6, 6.07) is 10.7. The molecule has 0 fully saturated rings. The van der Waals surface area contributed by atoms with Crippen molar-refractivity contribution in [3.63, 3.8) is 0 Å². The molecule has 0 atom stereocenters. The summed E-state index contributed by atoms with van der Waals surface area (Å²) in [5.41, 5.74) is 8.89. The third kappa shape index (κ3) is 10.8. The average molecular weight is 527 g/mol. The summed E-state index contributed by atoms with van der Waals surface area (Å²) in [4.78, 5) is 24.5. The minimum Gasteiger partial charge on any atom is -1.00 e. The Hall–Kier alpha value is -3.04. The molecule has 0 aliphatic rings. The van der Waals surface area contributed by atoms with Crippen molar-refractivity contribution < 1.29 is 64.8 Å². The number of methoxy groups -OCH3 is 2. The van der Waals surface area contributed by atoms with Crippen LogP contribution in [0.3, 0.4) is 0 Å². The highest BCUT2D eigenvalue weighted by atomic mass is 35.5. The molecule has 6 N–H and O–H groups in total. The topological polar surface area (TPSA) is 126 Å². The van der Waals surface area contributed by atoms with Crippen LogP contribution in [0.15, 0.2) is 48.6 Å². The summed E-state index contributed by atoms with van der Waals surface area (Å²) in [5.74, 6) is 1.84. The molecular weight excluding hydrogens is 495 g/mol. The van der Waals surface area contributed by atoms with Gasteiger partial charge < -0.3 is 55.2 Å². The predicted octanol–water partition coefficient (Wildman–Crippen LogP) is -4.79. The number of ether oxygens (including phenoxy) is 4. The number of hydrogen-bond acceptors (Lipinski definition) is 6. The molecule has 8 nitrogen and oxygen atoms in total. The number of benzene rings is 2. The summed E-state index contributed by atoms with van der Waals surface area (Å²) in [7, 11) is 3.09. The van der Waals surface area contributed by atoms with Crippen LogP contribution in [-0.2, 0) is 9.59 Å². The van der Waals surface area contributed by atoms with Gasteiger partial charge in [0.2, 0.25) is 0 Å². The van der Waals surface area contributed by atoms with Gasteiger partial charge in [-0.2, -0.15) is 0 Å². The van der Waals surface area contributed by atoms with E-state index < -0.39 is 0 Å². The van der Waals surface area contributed by atoms with E-state index in [2.05, 4.69) is 11.5 Å². The smallest absolute Gasteiger partial charge is 0.163 e. The van der Waals surface area contributed by atoms with E-state index in [0.717, 1.165) is 0 Å². The molecule has 2 rings (SSSR count). The fourth-order valence-corrected chi connectivity index (χ4v) is 2.87. The van der Waals surface area contributed by atoms with E-state index in [1.807, 2.05) is 0 Å². The molecule has 0 spiro atoms. The van der Waals surface area contributed by atoms with Crippen LogP contribution in [-0.4, -0.2) is 52.1 Å². The predicted molar refractivity (Wildman–Crippen MR) is 125 cm³/mol. The molecule has 0 saturated heterocycles.